The summed E-state index contributed by atoms with van der Waals surface area (Å²) in [6, 6.07) is 10.1. The lowest BCUT2D eigenvalue weighted by Gasteiger charge is -2.08. The quantitative estimate of drug-likeness (QED) is 0.821. The Morgan fingerprint density at radius 1 is 1.14 bits per heavy atom. The molecule has 108 valence electrons. The molecule has 0 bridgehead atoms. The maximum atomic E-state index is 12.4. The molecule has 3 N–H and O–H groups in total. The average molecular weight is 301 g/mol. The van der Waals surface area contributed by atoms with Gasteiger partial charge >= 0.3 is 0 Å². The van der Waals surface area contributed by atoms with Gasteiger partial charge in [-0.25, -0.2) is 13.1 Å². The summed E-state index contributed by atoms with van der Waals surface area (Å²) in [5.74, 6) is 5.44. The number of nitrogens with one attached hydrogen (secondary N) is 1. The number of hydrogen-bond acceptors (Lipinski definition) is 4. The molecule has 1 aromatic heterocycles. The third-order valence-corrected chi connectivity index (χ3v) is 4.18. The molecule has 1 heterocycles. The van der Waals surface area contributed by atoms with E-state index in [1.807, 2.05) is 0 Å². The van der Waals surface area contributed by atoms with E-state index in [2.05, 4.69) is 21.5 Å². The first-order valence-corrected chi connectivity index (χ1v) is 7.78. The topological polar surface area (TPSA) is 85.1 Å². The standard InChI is InChI=1S/C15H15N3O2S/c16-9-3-5-14-4-1-2-6-15(14)21(19,20)18-12-13-7-10-17-11-8-13/h1-2,4,6-8,10-11,18H,9,12,16H2. The Morgan fingerprint density at radius 2 is 1.86 bits per heavy atom. The number of pyridine rings is 1. The Labute approximate surface area is 124 Å². The second-order valence-corrected chi connectivity index (χ2v) is 5.92. The summed E-state index contributed by atoms with van der Waals surface area (Å²) in [7, 11) is -3.63. The molecule has 0 saturated carbocycles. The van der Waals surface area contributed by atoms with Gasteiger partial charge in [-0.2, -0.15) is 0 Å². The van der Waals surface area contributed by atoms with Crippen molar-refractivity contribution in [3.8, 4) is 11.8 Å². The van der Waals surface area contributed by atoms with Crippen LogP contribution in [0.3, 0.4) is 0 Å². The largest absolute Gasteiger partial charge is 0.320 e. The molecule has 6 heteroatoms. The van der Waals surface area contributed by atoms with Gasteiger partial charge in [0.25, 0.3) is 0 Å². The van der Waals surface area contributed by atoms with Crippen LogP contribution in [-0.2, 0) is 16.6 Å². The molecule has 0 amide bonds. The number of sulfonamides is 1. The maximum Gasteiger partial charge on any atom is 0.242 e. The number of benzene rings is 1. The van der Waals surface area contributed by atoms with E-state index in [4.69, 9.17) is 5.73 Å². The van der Waals surface area contributed by atoms with Crippen molar-refractivity contribution >= 4 is 10.0 Å². The predicted octanol–water partition coefficient (Wildman–Crippen LogP) is 0.870. The van der Waals surface area contributed by atoms with Crippen LogP contribution in [0.2, 0.25) is 0 Å². The van der Waals surface area contributed by atoms with Crippen LogP contribution >= 0.6 is 0 Å². The fourth-order valence-corrected chi connectivity index (χ4v) is 2.89. The van der Waals surface area contributed by atoms with Crippen molar-refractivity contribution in [3.63, 3.8) is 0 Å². The van der Waals surface area contributed by atoms with Crippen LogP contribution < -0.4 is 10.5 Å². The Morgan fingerprint density at radius 3 is 2.57 bits per heavy atom. The van der Waals surface area contributed by atoms with E-state index in [-0.39, 0.29) is 18.0 Å². The zero-order valence-corrected chi connectivity index (χ0v) is 12.1. The molecule has 0 saturated heterocycles. The van der Waals surface area contributed by atoms with Crippen LogP contribution in [0.1, 0.15) is 11.1 Å². The average Bonchev–Trinajstić information content (AvgIpc) is 2.52. The number of aromatic nitrogens is 1. The van der Waals surface area contributed by atoms with Gasteiger partial charge in [0, 0.05) is 24.5 Å². The van der Waals surface area contributed by atoms with E-state index in [0.717, 1.165) is 5.56 Å². The van der Waals surface area contributed by atoms with Crippen molar-refractivity contribution in [2.45, 2.75) is 11.4 Å². The van der Waals surface area contributed by atoms with Crippen molar-refractivity contribution in [3.05, 3.63) is 59.9 Å². The molecule has 0 aliphatic carbocycles. The fourth-order valence-electron chi connectivity index (χ4n) is 1.71. The van der Waals surface area contributed by atoms with Crippen LogP contribution in [0.25, 0.3) is 0 Å². The molecule has 2 aromatic rings. The highest BCUT2D eigenvalue weighted by atomic mass is 32.2. The summed E-state index contributed by atoms with van der Waals surface area (Å²) in [6.07, 6.45) is 3.23. The molecule has 21 heavy (non-hydrogen) atoms. The minimum absolute atomic E-state index is 0.153. The maximum absolute atomic E-state index is 12.4. The predicted molar refractivity (Wildman–Crippen MR) is 80.6 cm³/mol. The first-order chi connectivity index (χ1) is 10.1. The molecule has 5 nitrogen and oxygen atoms in total. The number of nitrogens with two attached hydrogens (primary N) is 1. The summed E-state index contributed by atoms with van der Waals surface area (Å²) in [6.45, 7) is 0.377. The zero-order valence-electron chi connectivity index (χ0n) is 11.3. The zero-order chi connectivity index (χ0) is 15.1. The summed E-state index contributed by atoms with van der Waals surface area (Å²) >= 11 is 0. The Bertz CT molecular complexity index is 762. The van der Waals surface area contributed by atoms with Gasteiger partial charge in [-0.1, -0.05) is 24.0 Å². The summed E-state index contributed by atoms with van der Waals surface area (Å²) < 4.78 is 27.3. The first kappa shape index (κ1) is 15.2. The minimum atomic E-state index is -3.63. The summed E-state index contributed by atoms with van der Waals surface area (Å²) in [5, 5.41) is 0. The number of hydrogen-bond donors (Lipinski definition) is 2. The van der Waals surface area contributed by atoms with Crippen molar-refractivity contribution in [1.29, 1.82) is 0 Å². The van der Waals surface area contributed by atoms with E-state index in [1.54, 1.807) is 42.7 Å². The highest BCUT2D eigenvalue weighted by Crippen LogP contribution is 2.14. The van der Waals surface area contributed by atoms with E-state index >= 15 is 0 Å². The lowest BCUT2D eigenvalue weighted by Crippen LogP contribution is -2.24. The molecule has 0 spiro atoms. The van der Waals surface area contributed by atoms with Gasteiger partial charge in [0.05, 0.1) is 11.4 Å². The monoisotopic (exact) mass is 301 g/mol. The first-order valence-electron chi connectivity index (χ1n) is 6.30. The van der Waals surface area contributed by atoms with Crippen LogP contribution in [0.15, 0.2) is 53.7 Å². The highest BCUT2D eigenvalue weighted by molar-refractivity contribution is 7.89. The lowest BCUT2D eigenvalue weighted by molar-refractivity contribution is 0.581. The Kier molecular flexibility index (Phi) is 5.06. The van der Waals surface area contributed by atoms with Crippen molar-refractivity contribution < 1.29 is 8.42 Å². The second kappa shape index (κ2) is 6.99. The Hall–Kier alpha value is -2.20. The summed E-state index contributed by atoms with van der Waals surface area (Å²) in [4.78, 5) is 4.04. The highest BCUT2D eigenvalue weighted by Gasteiger charge is 2.16. The summed E-state index contributed by atoms with van der Waals surface area (Å²) in [5.41, 5.74) is 6.59. The van der Waals surface area contributed by atoms with Gasteiger partial charge in [-0.3, -0.25) is 4.98 Å². The normalized spacial score (nSPS) is 10.7. The van der Waals surface area contributed by atoms with Crippen molar-refractivity contribution in [2.75, 3.05) is 6.54 Å². The van der Waals surface area contributed by atoms with Gasteiger partial charge in [-0.05, 0) is 29.8 Å². The molecular weight excluding hydrogens is 286 g/mol. The minimum Gasteiger partial charge on any atom is -0.320 e. The lowest BCUT2D eigenvalue weighted by atomic mass is 10.2. The molecular formula is C15H15N3O2S. The molecule has 0 fully saturated rings. The van der Waals surface area contributed by atoms with Gasteiger partial charge in [0.1, 0.15) is 0 Å². The van der Waals surface area contributed by atoms with Crippen LogP contribution in [0.5, 0.6) is 0 Å². The molecule has 1 aromatic carbocycles. The molecule has 2 rings (SSSR count). The second-order valence-electron chi connectivity index (χ2n) is 4.18. The van der Waals surface area contributed by atoms with Crippen LogP contribution in [0.4, 0.5) is 0 Å². The molecule has 0 aliphatic rings. The third-order valence-electron chi connectivity index (χ3n) is 2.72. The third kappa shape index (κ3) is 4.13. The van der Waals surface area contributed by atoms with E-state index in [9.17, 15) is 8.42 Å². The fraction of sp³-hybridized carbons (Fsp3) is 0.133. The van der Waals surface area contributed by atoms with Gasteiger partial charge in [-0.15, -0.1) is 0 Å². The van der Waals surface area contributed by atoms with Crippen molar-refractivity contribution in [1.82, 2.24) is 9.71 Å². The molecule has 0 atom stereocenters. The Balaban J connectivity index is 2.24. The van der Waals surface area contributed by atoms with Gasteiger partial charge in [0.2, 0.25) is 10.0 Å². The SMILES string of the molecule is NCC#Cc1ccccc1S(=O)(=O)NCc1ccncc1. The molecule has 0 radical (unpaired) electrons. The molecule has 0 aliphatic heterocycles. The van der Waals surface area contributed by atoms with Crippen LogP contribution in [0, 0.1) is 11.8 Å². The number of nitrogens with zero attached hydrogens (tertiary/aromatic N) is 1. The van der Waals surface area contributed by atoms with Gasteiger partial charge in [0.15, 0.2) is 0 Å². The van der Waals surface area contributed by atoms with E-state index in [0.29, 0.717) is 5.56 Å². The van der Waals surface area contributed by atoms with E-state index < -0.39 is 10.0 Å². The van der Waals surface area contributed by atoms with Crippen molar-refractivity contribution in [2.24, 2.45) is 5.73 Å². The van der Waals surface area contributed by atoms with E-state index in [1.165, 1.54) is 6.07 Å². The molecule has 0 unspecified atom stereocenters. The van der Waals surface area contributed by atoms with Gasteiger partial charge < -0.3 is 5.73 Å². The smallest absolute Gasteiger partial charge is 0.242 e. The number of rotatable bonds is 4. The van der Waals surface area contributed by atoms with Crippen LogP contribution in [-0.4, -0.2) is 19.9 Å².